The molecule has 0 aliphatic carbocycles. The Morgan fingerprint density at radius 3 is 2.41 bits per heavy atom. The summed E-state index contributed by atoms with van der Waals surface area (Å²) < 4.78 is 5.57. The van der Waals surface area contributed by atoms with E-state index in [1.807, 2.05) is 0 Å². The summed E-state index contributed by atoms with van der Waals surface area (Å²) in [5, 5.41) is 0. The molecule has 0 aliphatic heterocycles. The summed E-state index contributed by atoms with van der Waals surface area (Å²) in [6.45, 7) is 9.87. The van der Waals surface area contributed by atoms with Gasteiger partial charge in [0.2, 0.25) is 0 Å². The molecule has 0 spiro atoms. The number of ether oxygens (including phenoxy) is 1. The van der Waals surface area contributed by atoms with Gasteiger partial charge in [0.05, 0.1) is 12.6 Å². The van der Waals surface area contributed by atoms with E-state index in [-0.39, 0.29) is 6.04 Å². The van der Waals surface area contributed by atoms with Crippen LogP contribution in [-0.4, -0.2) is 13.2 Å². The van der Waals surface area contributed by atoms with E-state index in [9.17, 15) is 0 Å². The first-order valence-electron chi connectivity index (χ1n) is 6.21. The summed E-state index contributed by atoms with van der Waals surface area (Å²) in [7, 11) is 0. The normalized spacial score (nSPS) is 12.8. The van der Waals surface area contributed by atoms with Crippen LogP contribution in [0.2, 0.25) is 0 Å². The minimum absolute atomic E-state index is 0.0702. The second-order valence-electron chi connectivity index (χ2n) is 4.59. The first-order chi connectivity index (χ1) is 8.10. The molecule has 1 aromatic rings. The Hall–Kier alpha value is -0.900. The van der Waals surface area contributed by atoms with Gasteiger partial charge in [0, 0.05) is 6.61 Å². The summed E-state index contributed by atoms with van der Waals surface area (Å²) in [5.41, 5.74) is 7.94. The molecule has 1 atom stereocenters. The zero-order chi connectivity index (χ0) is 12.8. The standard InChI is InChI=1S/C14H24N2O/c1-5-6-17-9-14(16-15)13-8-11(3)10(2)7-12(13)4/h7-8,14,16H,5-6,9,15H2,1-4H3. The molecule has 0 radical (unpaired) electrons. The maximum atomic E-state index is 5.61. The van der Waals surface area contributed by atoms with Crippen molar-refractivity contribution in [2.45, 2.75) is 40.2 Å². The number of nitrogens with two attached hydrogens (primary N) is 1. The van der Waals surface area contributed by atoms with Crippen LogP contribution in [-0.2, 0) is 4.74 Å². The molecule has 96 valence electrons. The van der Waals surface area contributed by atoms with Crippen LogP contribution in [0.15, 0.2) is 12.1 Å². The molecule has 3 nitrogen and oxygen atoms in total. The molecule has 0 heterocycles. The average Bonchev–Trinajstić information content (AvgIpc) is 2.30. The molecule has 0 aromatic heterocycles. The lowest BCUT2D eigenvalue weighted by Gasteiger charge is -2.20. The molecule has 3 heteroatoms. The van der Waals surface area contributed by atoms with Crippen molar-refractivity contribution in [2.75, 3.05) is 13.2 Å². The average molecular weight is 236 g/mol. The second kappa shape index (κ2) is 6.74. The molecule has 3 N–H and O–H groups in total. The van der Waals surface area contributed by atoms with Gasteiger partial charge in [-0.3, -0.25) is 11.3 Å². The predicted molar refractivity (Wildman–Crippen MR) is 71.8 cm³/mol. The van der Waals surface area contributed by atoms with Crippen LogP contribution in [0.5, 0.6) is 0 Å². The van der Waals surface area contributed by atoms with Gasteiger partial charge in [0.25, 0.3) is 0 Å². The highest BCUT2D eigenvalue weighted by atomic mass is 16.5. The van der Waals surface area contributed by atoms with Crippen LogP contribution < -0.4 is 11.3 Å². The van der Waals surface area contributed by atoms with Crippen molar-refractivity contribution < 1.29 is 4.74 Å². The number of aryl methyl sites for hydroxylation is 3. The van der Waals surface area contributed by atoms with E-state index < -0.39 is 0 Å². The lowest BCUT2D eigenvalue weighted by Crippen LogP contribution is -2.32. The first kappa shape index (κ1) is 14.2. The Morgan fingerprint density at radius 1 is 1.18 bits per heavy atom. The van der Waals surface area contributed by atoms with Crippen LogP contribution in [0.1, 0.15) is 41.6 Å². The maximum Gasteiger partial charge on any atom is 0.0696 e. The lowest BCUT2D eigenvalue weighted by atomic mass is 9.96. The molecule has 0 amide bonds. The highest BCUT2D eigenvalue weighted by Crippen LogP contribution is 2.21. The van der Waals surface area contributed by atoms with Crippen molar-refractivity contribution in [3.8, 4) is 0 Å². The van der Waals surface area contributed by atoms with E-state index in [1.54, 1.807) is 0 Å². The minimum Gasteiger partial charge on any atom is -0.379 e. The van der Waals surface area contributed by atoms with Crippen molar-refractivity contribution in [2.24, 2.45) is 5.84 Å². The van der Waals surface area contributed by atoms with Crippen LogP contribution in [0.3, 0.4) is 0 Å². The summed E-state index contributed by atoms with van der Waals surface area (Å²) >= 11 is 0. The second-order valence-corrected chi connectivity index (χ2v) is 4.59. The Bertz CT molecular complexity index is 363. The van der Waals surface area contributed by atoms with E-state index in [0.717, 1.165) is 13.0 Å². The van der Waals surface area contributed by atoms with E-state index in [1.165, 1.54) is 22.3 Å². The zero-order valence-electron chi connectivity index (χ0n) is 11.3. The van der Waals surface area contributed by atoms with Gasteiger partial charge in [0.1, 0.15) is 0 Å². The molecular weight excluding hydrogens is 212 g/mol. The van der Waals surface area contributed by atoms with Crippen LogP contribution in [0.25, 0.3) is 0 Å². The first-order valence-corrected chi connectivity index (χ1v) is 6.21. The molecule has 1 rings (SSSR count). The molecule has 1 aromatic carbocycles. The van der Waals surface area contributed by atoms with Gasteiger partial charge in [-0.25, -0.2) is 0 Å². The van der Waals surface area contributed by atoms with Gasteiger partial charge < -0.3 is 4.74 Å². The molecule has 0 bridgehead atoms. The lowest BCUT2D eigenvalue weighted by molar-refractivity contribution is 0.112. The van der Waals surface area contributed by atoms with Crippen LogP contribution >= 0.6 is 0 Å². The fourth-order valence-electron chi connectivity index (χ4n) is 1.93. The smallest absolute Gasteiger partial charge is 0.0696 e. The highest BCUT2D eigenvalue weighted by Gasteiger charge is 2.13. The largest absolute Gasteiger partial charge is 0.379 e. The monoisotopic (exact) mass is 236 g/mol. The third kappa shape index (κ3) is 3.80. The van der Waals surface area contributed by atoms with Crippen LogP contribution in [0.4, 0.5) is 0 Å². The predicted octanol–water partition coefficient (Wildman–Crippen LogP) is 2.54. The molecule has 0 aliphatic rings. The molecule has 0 saturated heterocycles. The number of rotatable bonds is 6. The summed E-state index contributed by atoms with van der Waals surface area (Å²) in [5.74, 6) is 5.61. The van der Waals surface area contributed by atoms with Gasteiger partial charge in [-0.15, -0.1) is 0 Å². The molecular formula is C14H24N2O. The number of benzene rings is 1. The number of nitrogens with one attached hydrogen (secondary N) is 1. The van der Waals surface area contributed by atoms with E-state index >= 15 is 0 Å². The third-order valence-corrected chi connectivity index (χ3v) is 3.09. The molecule has 0 fully saturated rings. The number of hydrazine groups is 1. The van der Waals surface area contributed by atoms with Gasteiger partial charge in [-0.2, -0.15) is 0 Å². The van der Waals surface area contributed by atoms with Gasteiger partial charge in [-0.1, -0.05) is 19.1 Å². The Morgan fingerprint density at radius 2 is 1.82 bits per heavy atom. The SMILES string of the molecule is CCCOCC(NN)c1cc(C)c(C)cc1C. The fourth-order valence-corrected chi connectivity index (χ4v) is 1.93. The van der Waals surface area contributed by atoms with Crippen molar-refractivity contribution in [1.82, 2.24) is 5.43 Å². The molecule has 1 unspecified atom stereocenters. The topological polar surface area (TPSA) is 47.3 Å². The molecule has 17 heavy (non-hydrogen) atoms. The fraction of sp³-hybridized carbons (Fsp3) is 0.571. The Labute approximate surface area is 104 Å². The quantitative estimate of drug-likeness (QED) is 0.453. The van der Waals surface area contributed by atoms with Crippen molar-refractivity contribution in [1.29, 1.82) is 0 Å². The van der Waals surface area contributed by atoms with E-state index in [0.29, 0.717) is 6.61 Å². The van der Waals surface area contributed by atoms with Crippen molar-refractivity contribution in [3.05, 3.63) is 34.4 Å². The van der Waals surface area contributed by atoms with Gasteiger partial charge >= 0.3 is 0 Å². The van der Waals surface area contributed by atoms with Crippen LogP contribution in [0, 0.1) is 20.8 Å². The van der Waals surface area contributed by atoms with Gasteiger partial charge in [-0.05, 0) is 49.4 Å². The molecule has 0 saturated carbocycles. The van der Waals surface area contributed by atoms with Crippen molar-refractivity contribution >= 4 is 0 Å². The summed E-state index contributed by atoms with van der Waals surface area (Å²) in [6.07, 6.45) is 1.03. The Kier molecular flexibility index (Phi) is 5.62. The van der Waals surface area contributed by atoms with E-state index in [4.69, 9.17) is 10.6 Å². The van der Waals surface area contributed by atoms with E-state index in [2.05, 4.69) is 45.3 Å². The highest BCUT2D eigenvalue weighted by molar-refractivity contribution is 5.38. The summed E-state index contributed by atoms with van der Waals surface area (Å²) in [6, 6.07) is 4.47. The minimum atomic E-state index is 0.0702. The Balaban J connectivity index is 2.84. The number of hydrogen-bond acceptors (Lipinski definition) is 3. The zero-order valence-corrected chi connectivity index (χ0v) is 11.3. The third-order valence-electron chi connectivity index (χ3n) is 3.09. The summed E-state index contributed by atoms with van der Waals surface area (Å²) in [4.78, 5) is 0. The number of hydrogen-bond donors (Lipinski definition) is 2. The van der Waals surface area contributed by atoms with Gasteiger partial charge in [0.15, 0.2) is 0 Å². The maximum absolute atomic E-state index is 5.61. The van der Waals surface area contributed by atoms with Crippen molar-refractivity contribution in [3.63, 3.8) is 0 Å².